The van der Waals surface area contributed by atoms with E-state index in [2.05, 4.69) is 21.2 Å². The lowest BCUT2D eigenvalue weighted by Crippen LogP contribution is -2.45. The van der Waals surface area contributed by atoms with Gasteiger partial charge in [0.15, 0.2) is 0 Å². The van der Waals surface area contributed by atoms with Gasteiger partial charge in [-0.25, -0.2) is 4.39 Å². The van der Waals surface area contributed by atoms with Gasteiger partial charge in [0.2, 0.25) is 0 Å². The van der Waals surface area contributed by atoms with Crippen LogP contribution in [-0.4, -0.2) is 23.2 Å². The van der Waals surface area contributed by atoms with Crippen LogP contribution in [0.25, 0.3) is 0 Å². The maximum atomic E-state index is 13.1. The van der Waals surface area contributed by atoms with E-state index in [0.717, 1.165) is 12.5 Å². The number of hydrogen-bond donors (Lipinski definition) is 2. The van der Waals surface area contributed by atoms with E-state index in [1.54, 1.807) is 6.92 Å². The number of carbonyl (C=O) groups is 1. The zero-order valence-electron chi connectivity index (χ0n) is 11.3. The highest BCUT2D eigenvalue weighted by Gasteiger charge is 2.27. The summed E-state index contributed by atoms with van der Waals surface area (Å²) in [5, 5.41) is 12.8. The van der Waals surface area contributed by atoms with Crippen LogP contribution in [0.15, 0.2) is 22.7 Å². The van der Waals surface area contributed by atoms with E-state index in [4.69, 9.17) is 0 Å². The number of nitrogens with one attached hydrogen (secondary N) is 1. The average Bonchev–Trinajstić information content (AvgIpc) is 2.37. The zero-order chi connectivity index (χ0) is 14.6. The van der Waals surface area contributed by atoms with Crippen molar-refractivity contribution in [3.05, 3.63) is 34.1 Å². The zero-order valence-corrected chi connectivity index (χ0v) is 12.9. The summed E-state index contributed by atoms with van der Waals surface area (Å²) in [5.41, 5.74) is -0.760. The van der Waals surface area contributed by atoms with Gasteiger partial charge in [-0.2, -0.15) is 0 Å². The Labute approximate surface area is 121 Å². The minimum atomic E-state index is -0.982. The second kappa shape index (κ2) is 6.48. The molecule has 2 N–H and O–H groups in total. The van der Waals surface area contributed by atoms with Crippen molar-refractivity contribution < 1.29 is 14.3 Å². The molecule has 1 aromatic rings. The number of halogens is 2. The second-order valence-electron chi connectivity index (χ2n) is 4.97. The van der Waals surface area contributed by atoms with Crippen molar-refractivity contribution in [1.29, 1.82) is 0 Å². The van der Waals surface area contributed by atoms with Crippen molar-refractivity contribution in [2.45, 2.75) is 32.8 Å². The molecule has 0 fully saturated rings. The Bertz CT molecular complexity index is 463. The lowest BCUT2D eigenvalue weighted by Gasteiger charge is -2.29. The third-order valence-corrected chi connectivity index (χ3v) is 4.15. The first-order valence-electron chi connectivity index (χ1n) is 6.23. The average molecular weight is 332 g/mol. The van der Waals surface area contributed by atoms with E-state index < -0.39 is 17.3 Å². The van der Waals surface area contributed by atoms with E-state index in [0.29, 0.717) is 4.47 Å². The van der Waals surface area contributed by atoms with Crippen molar-refractivity contribution in [3.63, 3.8) is 0 Å². The lowest BCUT2D eigenvalue weighted by atomic mass is 9.88. The Morgan fingerprint density at radius 3 is 2.79 bits per heavy atom. The fourth-order valence-corrected chi connectivity index (χ4v) is 2.07. The minimum Gasteiger partial charge on any atom is -0.388 e. The summed E-state index contributed by atoms with van der Waals surface area (Å²) in [5.74, 6) is -0.819. The molecular weight excluding hydrogens is 313 g/mol. The van der Waals surface area contributed by atoms with Crippen LogP contribution in [0.3, 0.4) is 0 Å². The number of hydrogen-bond acceptors (Lipinski definition) is 2. The Kier molecular flexibility index (Phi) is 5.50. The molecule has 2 atom stereocenters. The Hall–Kier alpha value is -0.940. The summed E-state index contributed by atoms with van der Waals surface area (Å²) in [6, 6.07) is 3.92. The first-order chi connectivity index (χ1) is 8.77. The first kappa shape index (κ1) is 16.1. The predicted octanol–water partition coefficient (Wildman–Crippen LogP) is 3.12. The molecule has 0 heterocycles. The van der Waals surface area contributed by atoms with Crippen molar-refractivity contribution in [2.24, 2.45) is 5.92 Å². The molecule has 0 aliphatic rings. The van der Waals surface area contributed by atoms with E-state index >= 15 is 0 Å². The predicted molar refractivity (Wildman–Crippen MR) is 76.5 cm³/mol. The maximum absolute atomic E-state index is 13.1. The van der Waals surface area contributed by atoms with E-state index in [9.17, 15) is 14.3 Å². The first-order valence-corrected chi connectivity index (χ1v) is 7.03. The molecule has 0 aromatic heterocycles. The summed E-state index contributed by atoms with van der Waals surface area (Å²) >= 11 is 3.20. The highest BCUT2D eigenvalue weighted by Crippen LogP contribution is 2.20. The fourth-order valence-electron chi connectivity index (χ4n) is 1.64. The van der Waals surface area contributed by atoms with Gasteiger partial charge in [0.1, 0.15) is 5.82 Å². The van der Waals surface area contributed by atoms with Crippen LogP contribution >= 0.6 is 15.9 Å². The number of amides is 1. The molecule has 1 aromatic carbocycles. The van der Waals surface area contributed by atoms with Crippen molar-refractivity contribution in [3.8, 4) is 0 Å². The molecule has 0 spiro atoms. The molecule has 0 bridgehead atoms. The standard InChI is InChI=1S/C14H19BrFNO2/c1-4-9(2)14(3,19)8-17-13(18)11-7-10(16)5-6-12(11)15/h5-7,9,19H,4,8H2,1-3H3,(H,17,18)/t9-,14-/m1/s1. The molecule has 5 heteroatoms. The van der Waals surface area contributed by atoms with Gasteiger partial charge < -0.3 is 10.4 Å². The summed E-state index contributed by atoms with van der Waals surface area (Å²) in [7, 11) is 0. The van der Waals surface area contributed by atoms with Gasteiger partial charge in [-0.1, -0.05) is 20.3 Å². The van der Waals surface area contributed by atoms with Gasteiger partial charge in [0.25, 0.3) is 5.91 Å². The quantitative estimate of drug-likeness (QED) is 0.870. The maximum Gasteiger partial charge on any atom is 0.252 e. The highest BCUT2D eigenvalue weighted by atomic mass is 79.9. The Balaban J connectivity index is 2.73. The SMILES string of the molecule is CC[C@@H](C)[C@](C)(O)CNC(=O)c1cc(F)ccc1Br. The van der Waals surface area contributed by atoms with Crippen LogP contribution in [-0.2, 0) is 0 Å². The smallest absolute Gasteiger partial charge is 0.252 e. The number of aliphatic hydroxyl groups is 1. The minimum absolute atomic E-state index is 0.0590. The van der Waals surface area contributed by atoms with Gasteiger partial charge in [0.05, 0.1) is 11.2 Å². The summed E-state index contributed by atoms with van der Waals surface area (Å²) in [6.45, 7) is 5.71. The molecule has 0 aliphatic heterocycles. The van der Waals surface area contributed by atoms with Crippen molar-refractivity contribution in [2.75, 3.05) is 6.54 Å². The highest BCUT2D eigenvalue weighted by molar-refractivity contribution is 9.10. The fraction of sp³-hybridized carbons (Fsp3) is 0.500. The van der Waals surface area contributed by atoms with Gasteiger partial charge in [0, 0.05) is 11.0 Å². The van der Waals surface area contributed by atoms with Crippen LogP contribution in [0.4, 0.5) is 4.39 Å². The van der Waals surface area contributed by atoms with Crippen LogP contribution in [0.5, 0.6) is 0 Å². The monoisotopic (exact) mass is 331 g/mol. The summed E-state index contributed by atoms with van der Waals surface area (Å²) in [4.78, 5) is 12.0. The summed E-state index contributed by atoms with van der Waals surface area (Å²) < 4.78 is 13.6. The molecule has 0 aliphatic carbocycles. The van der Waals surface area contributed by atoms with Crippen LogP contribution in [0, 0.1) is 11.7 Å². The van der Waals surface area contributed by atoms with Crippen molar-refractivity contribution >= 4 is 21.8 Å². The largest absolute Gasteiger partial charge is 0.388 e. The third kappa shape index (κ3) is 4.28. The molecular formula is C14H19BrFNO2. The normalized spacial score (nSPS) is 15.7. The molecule has 1 amide bonds. The van der Waals surface area contributed by atoms with E-state index in [1.807, 2.05) is 13.8 Å². The molecule has 0 radical (unpaired) electrons. The number of rotatable bonds is 5. The number of benzene rings is 1. The second-order valence-corrected chi connectivity index (χ2v) is 5.83. The van der Waals surface area contributed by atoms with Gasteiger partial charge in [-0.3, -0.25) is 4.79 Å². The van der Waals surface area contributed by atoms with Gasteiger partial charge >= 0.3 is 0 Å². The van der Waals surface area contributed by atoms with Crippen LogP contribution in [0.1, 0.15) is 37.6 Å². The van der Waals surface area contributed by atoms with E-state index in [-0.39, 0.29) is 18.0 Å². The van der Waals surface area contributed by atoms with Crippen molar-refractivity contribution in [1.82, 2.24) is 5.32 Å². The third-order valence-electron chi connectivity index (χ3n) is 3.45. The molecule has 106 valence electrons. The van der Waals surface area contributed by atoms with E-state index in [1.165, 1.54) is 12.1 Å². The van der Waals surface area contributed by atoms with Gasteiger partial charge in [-0.05, 0) is 47.0 Å². The summed E-state index contributed by atoms with van der Waals surface area (Å²) in [6.07, 6.45) is 0.812. The molecule has 0 unspecified atom stereocenters. The number of carbonyl (C=O) groups excluding carboxylic acids is 1. The molecule has 0 saturated heterocycles. The lowest BCUT2D eigenvalue weighted by molar-refractivity contribution is 0.00592. The topological polar surface area (TPSA) is 49.3 Å². The van der Waals surface area contributed by atoms with Gasteiger partial charge in [-0.15, -0.1) is 0 Å². The molecule has 3 nitrogen and oxygen atoms in total. The van der Waals surface area contributed by atoms with Crippen LogP contribution in [0.2, 0.25) is 0 Å². The van der Waals surface area contributed by atoms with Crippen LogP contribution < -0.4 is 5.32 Å². The Morgan fingerprint density at radius 1 is 1.58 bits per heavy atom. The molecule has 0 saturated carbocycles. The molecule has 19 heavy (non-hydrogen) atoms. The Morgan fingerprint density at radius 2 is 2.21 bits per heavy atom. The molecule has 1 rings (SSSR count).